The molecule has 1 aromatic heterocycles. The standard InChI is InChI=1S/C26H21F2N3O2/c27-19-12-7-13-20(28)24(19)23-16-29-25(21(30-23)14-17-8-3-1-4-9-17)31-22(26(32)33)15-18-10-5-2-6-11-18/h1-13,16,22H,14-15H2,(H,29,31)(H,32,33)/t22-/m0/s1. The number of halogens is 2. The van der Waals surface area contributed by atoms with E-state index in [1.54, 1.807) is 0 Å². The average molecular weight is 445 g/mol. The third kappa shape index (κ3) is 5.38. The second kappa shape index (κ2) is 9.99. The maximum absolute atomic E-state index is 14.4. The Hall–Kier alpha value is -4.13. The van der Waals surface area contributed by atoms with Crippen molar-refractivity contribution in [2.75, 3.05) is 5.32 Å². The minimum Gasteiger partial charge on any atom is -0.480 e. The van der Waals surface area contributed by atoms with Gasteiger partial charge in [-0.3, -0.25) is 0 Å². The first-order valence-corrected chi connectivity index (χ1v) is 10.4. The van der Waals surface area contributed by atoms with Gasteiger partial charge in [0.1, 0.15) is 23.5 Å². The average Bonchev–Trinajstić information content (AvgIpc) is 2.81. The molecular formula is C26H21F2N3O2. The molecule has 166 valence electrons. The number of nitrogens with zero attached hydrogens (tertiary/aromatic N) is 2. The Morgan fingerprint density at radius 2 is 1.48 bits per heavy atom. The second-order valence-corrected chi connectivity index (χ2v) is 7.53. The molecule has 0 spiro atoms. The van der Waals surface area contributed by atoms with Gasteiger partial charge in [0.2, 0.25) is 0 Å². The molecule has 0 aliphatic carbocycles. The van der Waals surface area contributed by atoms with Crippen LogP contribution in [0.4, 0.5) is 14.6 Å². The van der Waals surface area contributed by atoms with E-state index < -0.39 is 23.6 Å². The van der Waals surface area contributed by atoms with Crippen molar-refractivity contribution in [1.82, 2.24) is 9.97 Å². The first-order valence-electron chi connectivity index (χ1n) is 10.4. The number of rotatable bonds is 8. The highest BCUT2D eigenvalue weighted by Crippen LogP contribution is 2.27. The number of anilines is 1. The van der Waals surface area contributed by atoms with Gasteiger partial charge in [0.05, 0.1) is 23.1 Å². The van der Waals surface area contributed by atoms with E-state index >= 15 is 0 Å². The summed E-state index contributed by atoms with van der Waals surface area (Å²) in [6.07, 6.45) is 1.78. The lowest BCUT2D eigenvalue weighted by molar-refractivity contribution is -0.137. The summed E-state index contributed by atoms with van der Waals surface area (Å²) >= 11 is 0. The van der Waals surface area contributed by atoms with E-state index in [2.05, 4.69) is 15.3 Å². The van der Waals surface area contributed by atoms with Crippen LogP contribution in [0.3, 0.4) is 0 Å². The lowest BCUT2D eigenvalue weighted by Gasteiger charge is -2.18. The SMILES string of the molecule is O=C(O)[C@H](Cc1ccccc1)Nc1ncc(-c2c(F)cccc2F)nc1Cc1ccccc1. The van der Waals surface area contributed by atoms with Crippen LogP contribution in [0.15, 0.2) is 85.1 Å². The number of benzene rings is 3. The zero-order valence-corrected chi connectivity index (χ0v) is 17.6. The molecule has 5 nitrogen and oxygen atoms in total. The number of carboxylic acid groups (broad SMARTS) is 1. The number of aromatic nitrogens is 2. The zero-order chi connectivity index (χ0) is 23.2. The summed E-state index contributed by atoms with van der Waals surface area (Å²) in [7, 11) is 0. The van der Waals surface area contributed by atoms with Crippen molar-refractivity contribution in [3.63, 3.8) is 0 Å². The maximum atomic E-state index is 14.4. The van der Waals surface area contributed by atoms with E-state index in [0.29, 0.717) is 12.1 Å². The molecule has 0 saturated carbocycles. The van der Waals surface area contributed by atoms with Gasteiger partial charge in [0.15, 0.2) is 0 Å². The van der Waals surface area contributed by atoms with Crippen LogP contribution in [0.2, 0.25) is 0 Å². The highest BCUT2D eigenvalue weighted by atomic mass is 19.1. The Bertz CT molecular complexity index is 1230. The minimum absolute atomic E-state index is 0.0389. The van der Waals surface area contributed by atoms with Crippen molar-refractivity contribution in [2.45, 2.75) is 18.9 Å². The fraction of sp³-hybridized carbons (Fsp3) is 0.115. The van der Waals surface area contributed by atoms with E-state index in [-0.39, 0.29) is 23.5 Å². The van der Waals surface area contributed by atoms with Crippen molar-refractivity contribution < 1.29 is 18.7 Å². The highest BCUT2D eigenvalue weighted by molar-refractivity contribution is 5.77. The van der Waals surface area contributed by atoms with Gasteiger partial charge in [0, 0.05) is 12.8 Å². The van der Waals surface area contributed by atoms with Gasteiger partial charge in [-0.15, -0.1) is 0 Å². The lowest BCUT2D eigenvalue weighted by Crippen LogP contribution is -2.32. The number of hydrogen-bond donors (Lipinski definition) is 2. The van der Waals surface area contributed by atoms with Crippen molar-refractivity contribution in [1.29, 1.82) is 0 Å². The molecule has 0 fully saturated rings. The van der Waals surface area contributed by atoms with Gasteiger partial charge in [-0.2, -0.15) is 0 Å². The summed E-state index contributed by atoms with van der Waals surface area (Å²) in [5.41, 5.74) is 1.90. The first-order chi connectivity index (χ1) is 16.0. The molecule has 0 amide bonds. The van der Waals surface area contributed by atoms with Gasteiger partial charge in [-0.05, 0) is 23.3 Å². The highest BCUT2D eigenvalue weighted by Gasteiger charge is 2.22. The quantitative estimate of drug-likeness (QED) is 0.394. The number of aliphatic carboxylic acids is 1. The topological polar surface area (TPSA) is 75.1 Å². The van der Waals surface area contributed by atoms with Crippen molar-refractivity contribution in [3.05, 3.63) is 114 Å². The van der Waals surface area contributed by atoms with Gasteiger partial charge < -0.3 is 10.4 Å². The second-order valence-electron chi connectivity index (χ2n) is 7.53. The summed E-state index contributed by atoms with van der Waals surface area (Å²) in [5, 5.41) is 12.7. The van der Waals surface area contributed by atoms with E-state index in [0.717, 1.165) is 23.3 Å². The van der Waals surface area contributed by atoms with Crippen LogP contribution in [0.25, 0.3) is 11.3 Å². The predicted molar refractivity (Wildman–Crippen MR) is 122 cm³/mol. The molecule has 4 rings (SSSR count). The molecule has 0 bridgehead atoms. The molecule has 1 heterocycles. The number of carbonyl (C=O) groups is 1. The monoisotopic (exact) mass is 445 g/mol. The minimum atomic E-state index is -1.05. The molecule has 3 aromatic carbocycles. The van der Waals surface area contributed by atoms with E-state index in [9.17, 15) is 18.7 Å². The molecule has 0 aliphatic rings. The molecule has 0 radical (unpaired) electrons. The fourth-order valence-electron chi connectivity index (χ4n) is 3.54. The Morgan fingerprint density at radius 1 is 0.879 bits per heavy atom. The van der Waals surface area contributed by atoms with Crippen LogP contribution in [-0.2, 0) is 17.6 Å². The van der Waals surface area contributed by atoms with Crippen molar-refractivity contribution in [2.24, 2.45) is 0 Å². The normalized spacial score (nSPS) is 11.7. The van der Waals surface area contributed by atoms with Gasteiger partial charge in [-0.1, -0.05) is 66.7 Å². The summed E-state index contributed by atoms with van der Waals surface area (Å²) in [5.74, 6) is -2.29. The van der Waals surface area contributed by atoms with Crippen molar-refractivity contribution in [3.8, 4) is 11.3 Å². The van der Waals surface area contributed by atoms with Crippen LogP contribution in [0.1, 0.15) is 16.8 Å². The van der Waals surface area contributed by atoms with Gasteiger partial charge in [-0.25, -0.2) is 23.5 Å². The van der Waals surface area contributed by atoms with Crippen LogP contribution in [0, 0.1) is 11.6 Å². The summed E-state index contributed by atoms with van der Waals surface area (Å²) in [6, 6.07) is 21.2. The molecule has 33 heavy (non-hydrogen) atoms. The molecule has 7 heteroatoms. The van der Waals surface area contributed by atoms with E-state index in [1.807, 2.05) is 60.7 Å². The number of hydrogen-bond acceptors (Lipinski definition) is 4. The van der Waals surface area contributed by atoms with Crippen LogP contribution in [-0.4, -0.2) is 27.1 Å². The molecule has 0 unspecified atom stereocenters. The summed E-state index contributed by atoms with van der Waals surface area (Å²) in [4.78, 5) is 20.8. The van der Waals surface area contributed by atoms with E-state index in [4.69, 9.17) is 0 Å². The van der Waals surface area contributed by atoms with E-state index in [1.165, 1.54) is 12.3 Å². The first kappa shape index (κ1) is 22.1. The summed E-state index contributed by atoms with van der Waals surface area (Å²) in [6.45, 7) is 0. The predicted octanol–water partition coefficient (Wildman–Crippen LogP) is 5.12. The van der Waals surface area contributed by atoms with Crippen LogP contribution in [0.5, 0.6) is 0 Å². The molecule has 4 aromatic rings. The van der Waals surface area contributed by atoms with Crippen LogP contribution >= 0.6 is 0 Å². The smallest absolute Gasteiger partial charge is 0.326 e. The Morgan fingerprint density at radius 3 is 2.09 bits per heavy atom. The summed E-state index contributed by atoms with van der Waals surface area (Å²) < 4.78 is 28.7. The fourth-order valence-corrected chi connectivity index (χ4v) is 3.54. The molecule has 0 saturated heterocycles. The molecule has 2 N–H and O–H groups in total. The largest absolute Gasteiger partial charge is 0.480 e. The van der Waals surface area contributed by atoms with Gasteiger partial charge >= 0.3 is 5.97 Å². The van der Waals surface area contributed by atoms with Crippen LogP contribution < -0.4 is 5.32 Å². The molecule has 0 aliphatic heterocycles. The third-order valence-electron chi connectivity index (χ3n) is 5.17. The Balaban J connectivity index is 1.72. The number of carboxylic acids is 1. The maximum Gasteiger partial charge on any atom is 0.326 e. The number of nitrogens with one attached hydrogen (secondary N) is 1. The third-order valence-corrected chi connectivity index (χ3v) is 5.17. The molecule has 1 atom stereocenters. The Labute approximate surface area is 189 Å². The zero-order valence-electron chi connectivity index (χ0n) is 17.6. The van der Waals surface area contributed by atoms with Crippen molar-refractivity contribution >= 4 is 11.8 Å². The molecular weight excluding hydrogens is 424 g/mol. The van der Waals surface area contributed by atoms with Gasteiger partial charge in [0.25, 0.3) is 0 Å². The Kier molecular flexibility index (Phi) is 6.69. The lowest BCUT2D eigenvalue weighted by atomic mass is 10.0.